The Hall–Kier alpha value is -2.12. The summed E-state index contributed by atoms with van der Waals surface area (Å²) in [6, 6.07) is 3.40. The number of alkyl halides is 3. The third kappa shape index (κ3) is 4.52. The molecule has 1 aromatic carbocycles. The second-order valence-corrected chi connectivity index (χ2v) is 3.88. The highest BCUT2D eigenvalue weighted by Crippen LogP contribution is 2.15. The van der Waals surface area contributed by atoms with Crippen molar-refractivity contribution in [1.29, 1.82) is 0 Å². The van der Waals surface area contributed by atoms with Gasteiger partial charge in [0.25, 0.3) is 0 Å². The van der Waals surface area contributed by atoms with Gasteiger partial charge in [-0.1, -0.05) is 12.1 Å². The van der Waals surface area contributed by atoms with Crippen molar-refractivity contribution in [3.05, 3.63) is 35.6 Å². The Morgan fingerprint density at radius 3 is 2.50 bits per heavy atom. The van der Waals surface area contributed by atoms with E-state index in [2.05, 4.69) is 4.74 Å². The fraction of sp³-hybridized carbons (Fsp3) is 0.333. The molecule has 0 aliphatic heterocycles. The molecule has 0 heterocycles. The number of ether oxygens (including phenoxy) is 1. The molecule has 0 aromatic heterocycles. The maximum absolute atomic E-state index is 13.0. The molecule has 1 atom stereocenters. The molecule has 1 N–H and O–H groups in total. The van der Waals surface area contributed by atoms with E-state index in [0.717, 1.165) is 19.2 Å². The SMILES string of the molecule is COC(=O)C(Cc1cccc(F)c1)NC(=O)C(F)(F)F. The number of rotatable bonds is 4. The highest BCUT2D eigenvalue weighted by Gasteiger charge is 2.41. The maximum atomic E-state index is 13.0. The molecule has 0 spiro atoms. The molecule has 20 heavy (non-hydrogen) atoms. The Morgan fingerprint density at radius 1 is 1.35 bits per heavy atom. The van der Waals surface area contributed by atoms with Gasteiger partial charge in [0.1, 0.15) is 11.9 Å². The Balaban J connectivity index is 2.85. The number of methoxy groups -OCH3 is 1. The van der Waals surface area contributed by atoms with Crippen molar-refractivity contribution in [1.82, 2.24) is 5.32 Å². The topological polar surface area (TPSA) is 55.4 Å². The van der Waals surface area contributed by atoms with Gasteiger partial charge in [0, 0.05) is 6.42 Å². The van der Waals surface area contributed by atoms with Crippen LogP contribution in [0.5, 0.6) is 0 Å². The molecule has 0 saturated carbocycles. The van der Waals surface area contributed by atoms with E-state index in [1.165, 1.54) is 17.4 Å². The molecule has 110 valence electrons. The Kier molecular flexibility index (Phi) is 5.06. The predicted octanol–water partition coefficient (Wildman–Crippen LogP) is 1.59. The lowest BCUT2D eigenvalue weighted by molar-refractivity contribution is -0.175. The molecule has 8 heteroatoms. The highest BCUT2D eigenvalue weighted by molar-refractivity contribution is 5.87. The molecule has 1 rings (SSSR count). The second-order valence-electron chi connectivity index (χ2n) is 3.88. The molecular weight excluding hydrogens is 282 g/mol. The van der Waals surface area contributed by atoms with Crippen molar-refractivity contribution in [2.75, 3.05) is 7.11 Å². The van der Waals surface area contributed by atoms with E-state index in [4.69, 9.17) is 0 Å². The van der Waals surface area contributed by atoms with Gasteiger partial charge in [-0.3, -0.25) is 4.79 Å². The van der Waals surface area contributed by atoms with Crippen molar-refractivity contribution in [2.45, 2.75) is 18.6 Å². The van der Waals surface area contributed by atoms with Crippen LogP contribution in [0.15, 0.2) is 24.3 Å². The van der Waals surface area contributed by atoms with Gasteiger partial charge in [0.2, 0.25) is 0 Å². The first-order valence-corrected chi connectivity index (χ1v) is 5.44. The molecule has 0 radical (unpaired) electrons. The van der Waals surface area contributed by atoms with Gasteiger partial charge in [0.05, 0.1) is 7.11 Å². The molecular formula is C12H11F4NO3. The van der Waals surface area contributed by atoms with Gasteiger partial charge >= 0.3 is 18.1 Å². The van der Waals surface area contributed by atoms with Gasteiger partial charge in [-0.25, -0.2) is 9.18 Å². The summed E-state index contributed by atoms with van der Waals surface area (Å²) >= 11 is 0. The number of esters is 1. The molecule has 1 amide bonds. The van der Waals surface area contributed by atoms with Crippen LogP contribution in [0, 0.1) is 5.82 Å². The van der Waals surface area contributed by atoms with Gasteiger partial charge in [0.15, 0.2) is 0 Å². The summed E-state index contributed by atoms with van der Waals surface area (Å²) in [5, 5.41) is 1.51. The lowest BCUT2D eigenvalue weighted by Gasteiger charge is -2.17. The Labute approximate surface area is 111 Å². The molecule has 0 bridgehead atoms. The van der Waals surface area contributed by atoms with Gasteiger partial charge in [-0.15, -0.1) is 0 Å². The minimum atomic E-state index is -5.12. The quantitative estimate of drug-likeness (QED) is 0.677. The molecule has 1 unspecified atom stereocenters. The lowest BCUT2D eigenvalue weighted by atomic mass is 10.1. The minimum absolute atomic E-state index is 0.253. The fourth-order valence-corrected chi connectivity index (χ4v) is 1.48. The minimum Gasteiger partial charge on any atom is -0.467 e. The lowest BCUT2D eigenvalue weighted by Crippen LogP contribution is -2.48. The number of nitrogens with one attached hydrogen (secondary N) is 1. The van der Waals surface area contributed by atoms with E-state index >= 15 is 0 Å². The fourth-order valence-electron chi connectivity index (χ4n) is 1.48. The van der Waals surface area contributed by atoms with Gasteiger partial charge < -0.3 is 10.1 Å². The standard InChI is InChI=1S/C12H11F4NO3/c1-20-10(18)9(17-11(19)12(14,15)16)6-7-3-2-4-8(13)5-7/h2-5,9H,6H2,1H3,(H,17,19). The summed E-state index contributed by atoms with van der Waals surface area (Å²) in [5.41, 5.74) is 0.253. The van der Waals surface area contributed by atoms with E-state index in [1.807, 2.05) is 0 Å². The van der Waals surface area contributed by atoms with Crippen molar-refractivity contribution in [3.8, 4) is 0 Å². The van der Waals surface area contributed by atoms with Crippen LogP contribution in [0.1, 0.15) is 5.56 Å². The van der Waals surface area contributed by atoms with Crippen LogP contribution >= 0.6 is 0 Å². The number of carbonyl (C=O) groups excluding carboxylic acids is 2. The number of hydrogen-bond donors (Lipinski definition) is 1. The third-order valence-corrected chi connectivity index (χ3v) is 2.38. The predicted molar refractivity (Wildman–Crippen MR) is 60.1 cm³/mol. The second kappa shape index (κ2) is 6.36. The van der Waals surface area contributed by atoms with Crippen LogP contribution in [-0.2, 0) is 20.7 Å². The normalized spacial score (nSPS) is 12.7. The Bertz CT molecular complexity index is 502. The summed E-state index contributed by atoms with van der Waals surface area (Å²) in [6.07, 6.45) is -5.43. The highest BCUT2D eigenvalue weighted by atomic mass is 19.4. The largest absolute Gasteiger partial charge is 0.471 e. The van der Waals surface area contributed by atoms with E-state index in [1.54, 1.807) is 0 Å². The third-order valence-electron chi connectivity index (χ3n) is 2.38. The van der Waals surface area contributed by atoms with Gasteiger partial charge in [-0.05, 0) is 17.7 Å². The summed E-state index contributed by atoms with van der Waals surface area (Å²) in [5.74, 6) is -3.91. The van der Waals surface area contributed by atoms with E-state index in [-0.39, 0.29) is 12.0 Å². The maximum Gasteiger partial charge on any atom is 0.471 e. The Morgan fingerprint density at radius 2 is 2.00 bits per heavy atom. The summed E-state index contributed by atoms with van der Waals surface area (Å²) in [4.78, 5) is 22.2. The van der Waals surface area contributed by atoms with E-state index in [9.17, 15) is 27.2 Å². The first-order valence-electron chi connectivity index (χ1n) is 5.44. The zero-order valence-corrected chi connectivity index (χ0v) is 10.3. The average molecular weight is 293 g/mol. The van der Waals surface area contributed by atoms with Gasteiger partial charge in [-0.2, -0.15) is 13.2 Å². The van der Waals surface area contributed by atoms with Crippen LogP contribution in [0.2, 0.25) is 0 Å². The molecule has 0 fully saturated rings. The van der Waals surface area contributed by atoms with Crippen molar-refractivity contribution in [2.24, 2.45) is 0 Å². The summed E-state index contributed by atoms with van der Waals surface area (Å²) in [7, 11) is 0.973. The van der Waals surface area contributed by atoms with Crippen LogP contribution in [-0.4, -0.2) is 31.2 Å². The summed E-state index contributed by atoms with van der Waals surface area (Å²) < 4.78 is 53.7. The van der Waals surface area contributed by atoms with Crippen LogP contribution in [0.4, 0.5) is 17.6 Å². The zero-order valence-electron chi connectivity index (χ0n) is 10.3. The monoisotopic (exact) mass is 293 g/mol. The first-order chi connectivity index (χ1) is 9.24. The number of hydrogen-bond acceptors (Lipinski definition) is 3. The smallest absolute Gasteiger partial charge is 0.467 e. The number of halogens is 4. The number of amides is 1. The molecule has 0 saturated heterocycles. The van der Waals surface area contributed by atoms with Crippen LogP contribution in [0.3, 0.4) is 0 Å². The summed E-state index contributed by atoms with van der Waals surface area (Å²) in [6.45, 7) is 0. The molecule has 4 nitrogen and oxygen atoms in total. The van der Waals surface area contributed by atoms with Crippen LogP contribution in [0.25, 0.3) is 0 Å². The molecule has 0 aliphatic carbocycles. The number of carbonyl (C=O) groups is 2. The molecule has 0 aliphatic rings. The molecule has 1 aromatic rings. The van der Waals surface area contributed by atoms with Crippen molar-refractivity contribution >= 4 is 11.9 Å². The average Bonchev–Trinajstić information content (AvgIpc) is 2.35. The van der Waals surface area contributed by atoms with Crippen molar-refractivity contribution in [3.63, 3.8) is 0 Å². The van der Waals surface area contributed by atoms with E-state index in [0.29, 0.717) is 0 Å². The van der Waals surface area contributed by atoms with Crippen molar-refractivity contribution < 1.29 is 31.9 Å². The van der Waals surface area contributed by atoms with Crippen LogP contribution < -0.4 is 5.32 Å². The van der Waals surface area contributed by atoms with E-state index < -0.39 is 29.9 Å². The zero-order chi connectivity index (χ0) is 15.3. The number of benzene rings is 1. The first kappa shape index (κ1) is 15.9.